The first-order chi connectivity index (χ1) is 13.7. The zero-order chi connectivity index (χ0) is 19.1. The van der Waals surface area contributed by atoms with Gasteiger partial charge in [0.1, 0.15) is 11.3 Å². The molecule has 0 spiro atoms. The first kappa shape index (κ1) is 17.0. The van der Waals surface area contributed by atoms with Crippen LogP contribution in [0.25, 0.3) is 11.2 Å². The van der Waals surface area contributed by atoms with Gasteiger partial charge in [0, 0.05) is 25.2 Å². The van der Waals surface area contributed by atoms with Crippen molar-refractivity contribution in [2.24, 2.45) is 0 Å². The Morgan fingerprint density at radius 3 is 2.96 bits per heavy atom. The first-order valence-electron chi connectivity index (χ1n) is 9.72. The molecule has 1 N–H and O–H groups in total. The van der Waals surface area contributed by atoms with E-state index < -0.39 is 0 Å². The Balaban J connectivity index is 1.43. The summed E-state index contributed by atoms with van der Waals surface area (Å²) in [5, 5.41) is 3.01. The highest BCUT2D eigenvalue weighted by Crippen LogP contribution is 2.32. The Hall–Kier alpha value is -3.09. The van der Waals surface area contributed by atoms with Crippen LogP contribution >= 0.6 is 0 Å². The largest absolute Gasteiger partial charge is 0.454 e. The standard InChI is InChI=1S/C21H22N4O3/c1-13-9-15(19-20(23-13)25-8-4-2-3-5-18(25)24-19)21(26)22-11-14-6-7-16-17(10-14)28-12-27-16/h6-7,9-10H,2-5,8,11-12H2,1H3,(H,22,26). The van der Waals surface area contributed by atoms with Crippen LogP contribution in [0.5, 0.6) is 11.5 Å². The maximum absolute atomic E-state index is 13.0. The molecule has 0 radical (unpaired) electrons. The van der Waals surface area contributed by atoms with E-state index in [0.29, 0.717) is 23.4 Å². The van der Waals surface area contributed by atoms with E-state index in [9.17, 15) is 4.79 Å². The third-order valence-electron chi connectivity index (χ3n) is 5.33. The first-order valence-corrected chi connectivity index (χ1v) is 9.72. The zero-order valence-electron chi connectivity index (χ0n) is 15.8. The van der Waals surface area contributed by atoms with Crippen molar-refractivity contribution in [1.29, 1.82) is 0 Å². The lowest BCUT2D eigenvalue weighted by atomic mass is 10.1. The Labute approximate surface area is 162 Å². The van der Waals surface area contributed by atoms with Crippen LogP contribution in [-0.4, -0.2) is 27.2 Å². The number of aromatic nitrogens is 3. The van der Waals surface area contributed by atoms with E-state index in [0.717, 1.165) is 54.3 Å². The zero-order valence-corrected chi connectivity index (χ0v) is 15.8. The molecular weight excluding hydrogens is 356 g/mol. The number of aryl methyl sites for hydroxylation is 3. The number of nitrogens with zero attached hydrogens (tertiary/aromatic N) is 3. The van der Waals surface area contributed by atoms with E-state index in [1.807, 2.05) is 31.2 Å². The van der Waals surface area contributed by atoms with E-state index in [1.54, 1.807) is 0 Å². The molecule has 0 fully saturated rings. The lowest BCUT2D eigenvalue weighted by Gasteiger charge is -2.08. The van der Waals surface area contributed by atoms with Gasteiger partial charge in [-0.3, -0.25) is 4.79 Å². The summed E-state index contributed by atoms with van der Waals surface area (Å²) in [6.45, 7) is 3.49. The highest BCUT2D eigenvalue weighted by atomic mass is 16.7. The SMILES string of the molecule is Cc1cc(C(=O)NCc2ccc3c(c2)OCO3)c2nc3n(c2n1)CCCCC3. The van der Waals surface area contributed by atoms with Crippen LogP contribution in [0.15, 0.2) is 24.3 Å². The van der Waals surface area contributed by atoms with Crippen molar-refractivity contribution in [3.05, 3.63) is 46.9 Å². The van der Waals surface area contributed by atoms with Gasteiger partial charge < -0.3 is 19.4 Å². The average Bonchev–Trinajstić information content (AvgIpc) is 3.22. The number of benzene rings is 1. The monoisotopic (exact) mass is 378 g/mol. The maximum Gasteiger partial charge on any atom is 0.253 e. The van der Waals surface area contributed by atoms with Crippen molar-refractivity contribution >= 4 is 17.1 Å². The van der Waals surface area contributed by atoms with E-state index in [1.165, 1.54) is 6.42 Å². The molecule has 0 unspecified atom stereocenters. The molecule has 2 aromatic heterocycles. The van der Waals surface area contributed by atoms with Crippen molar-refractivity contribution in [3.63, 3.8) is 0 Å². The predicted octanol–water partition coefficient (Wildman–Crippen LogP) is 3.12. The van der Waals surface area contributed by atoms with Gasteiger partial charge in [-0.25, -0.2) is 9.97 Å². The van der Waals surface area contributed by atoms with Crippen LogP contribution < -0.4 is 14.8 Å². The second-order valence-electron chi connectivity index (χ2n) is 7.34. The molecule has 2 aliphatic rings. The fourth-order valence-electron chi connectivity index (χ4n) is 3.92. The van der Waals surface area contributed by atoms with Crippen molar-refractivity contribution in [2.45, 2.75) is 45.7 Å². The molecule has 0 saturated carbocycles. The van der Waals surface area contributed by atoms with Gasteiger partial charge in [-0.1, -0.05) is 12.5 Å². The quantitative estimate of drug-likeness (QED) is 0.758. The number of pyridine rings is 1. The average molecular weight is 378 g/mol. The van der Waals surface area contributed by atoms with E-state index in [2.05, 4.69) is 14.9 Å². The maximum atomic E-state index is 13.0. The van der Waals surface area contributed by atoms with Crippen molar-refractivity contribution < 1.29 is 14.3 Å². The van der Waals surface area contributed by atoms with Gasteiger partial charge in [0.15, 0.2) is 17.1 Å². The number of hydrogen-bond donors (Lipinski definition) is 1. The normalized spacial score (nSPS) is 15.3. The van der Waals surface area contributed by atoms with Crippen LogP contribution in [0.3, 0.4) is 0 Å². The number of amides is 1. The summed E-state index contributed by atoms with van der Waals surface area (Å²) in [5.74, 6) is 2.35. The molecule has 0 bridgehead atoms. The Morgan fingerprint density at radius 2 is 2.04 bits per heavy atom. The number of rotatable bonds is 3. The number of imidazole rings is 1. The fourth-order valence-corrected chi connectivity index (χ4v) is 3.92. The Bertz CT molecular complexity index is 1070. The van der Waals surface area contributed by atoms with Crippen LogP contribution in [-0.2, 0) is 19.5 Å². The lowest BCUT2D eigenvalue weighted by molar-refractivity contribution is 0.0952. The van der Waals surface area contributed by atoms with Crippen LogP contribution in [0.4, 0.5) is 0 Å². The van der Waals surface area contributed by atoms with Crippen LogP contribution in [0, 0.1) is 6.92 Å². The number of carbonyl (C=O) groups is 1. The number of ether oxygens (including phenoxy) is 2. The van der Waals surface area contributed by atoms with E-state index in [-0.39, 0.29) is 12.7 Å². The molecule has 0 saturated heterocycles. The number of hydrogen-bond acceptors (Lipinski definition) is 5. The highest BCUT2D eigenvalue weighted by Gasteiger charge is 2.21. The summed E-state index contributed by atoms with van der Waals surface area (Å²) in [6, 6.07) is 7.52. The number of fused-ring (bicyclic) bond motifs is 4. The third-order valence-corrected chi connectivity index (χ3v) is 5.33. The van der Waals surface area contributed by atoms with Gasteiger partial charge >= 0.3 is 0 Å². The summed E-state index contributed by atoms with van der Waals surface area (Å²) in [6.07, 6.45) is 4.40. The second-order valence-corrected chi connectivity index (χ2v) is 7.34. The van der Waals surface area contributed by atoms with E-state index in [4.69, 9.17) is 14.5 Å². The minimum atomic E-state index is -0.138. The predicted molar refractivity (Wildman–Crippen MR) is 104 cm³/mol. The molecular formula is C21H22N4O3. The molecule has 7 heteroatoms. The summed E-state index contributed by atoms with van der Waals surface area (Å²) in [5.41, 5.74) is 3.90. The summed E-state index contributed by atoms with van der Waals surface area (Å²) in [4.78, 5) is 22.4. The lowest BCUT2D eigenvalue weighted by Crippen LogP contribution is -2.23. The molecule has 1 amide bonds. The molecule has 1 aromatic carbocycles. The smallest absolute Gasteiger partial charge is 0.253 e. The molecule has 28 heavy (non-hydrogen) atoms. The van der Waals surface area contributed by atoms with Crippen molar-refractivity contribution in [1.82, 2.24) is 19.9 Å². The van der Waals surface area contributed by atoms with Gasteiger partial charge in [-0.2, -0.15) is 0 Å². The van der Waals surface area contributed by atoms with Gasteiger partial charge in [-0.15, -0.1) is 0 Å². The van der Waals surface area contributed by atoms with Gasteiger partial charge in [-0.05, 0) is 43.5 Å². The van der Waals surface area contributed by atoms with Gasteiger partial charge in [0.2, 0.25) is 6.79 Å². The Kier molecular flexibility index (Phi) is 4.15. The molecule has 144 valence electrons. The minimum Gasteiger partial charge on any atom is -0.454 e. The third kappa shape index (κ3) is 2.96. The fraction of sp³-hybridized carbons (Fsp3) is 0.381. The molecule has 2 aliphatic heterocycles. The molecule has 3 aromatic rings. The molecule has 7 nitrogen and oxygen atoms in total. The number of carbonyl (C=O) groups excluding carboxylic acids is 1. The van der Waals surface area contributed by atoms with Crippen molar-refractivity contribution in [2.75, 3.05) is 6.79 Å². The highest BCUT2D eigenvalue weighted by molar-refractivity contribution is 6.04. The minimum absolute atomic E-state index is 0.138. The van der Waals surface area contributed by atoms with Crippen LogP contribution in [0.1, 0.15) is 46.7 Å². The molecule has 5 rings (SSSR count). The number of nitrogens with one attached hydrogen (secondary N) is 1. The summed E-state index contributed by atoms with van der Waals surface area (Å²) < 4.78 is 12.9. The molecule has 0 aliphatic carbocycles. The topological polar surface area (TPSA) is 78.3 Å². The molecule has 4 heterocycles. The summed E-state index contributed by atoms with van der Waals surface area (Å²) in [7, 11) is 0. The molecule has 0 atom stereocenters. The summed E-state index contributed by atoms with van der Waals surface area (Å²) >= 11 is 0. The van der Waals surface area contributed by atoms with E-state index >= 15 is 0 Å². The van der Waals surface area contributed by atoms with Gasteiger partial charge in [0.25, 0.3) is 5.91 Å². The van der Waals surface area contributed by atoms with Crippen LogP contribution in [0.2, 0.25) is 0 Å². The second kappa shape index (κ2) is 6.82. The van der Waals surface area contributed by atoms with Gasteiger partial charge in [0.05, 0.1) is 5.56 Å². The van der Waals surface area contributed by atoms with Crippen molar-refractivity contribution in [3.8, 4) is 11.5 Å². The Morgan fingerprint density at radius 1 is 1.14 bits per heavy atom.